The minimum absolute atomic E-state index is 0.0202. The van der Waals surface area contributed by atoms with Crippen LogP contribution in [-0.2, 0) is 14.3 Å². The van der Waals surface area contributed by atoms with Gasteiger partial charge in [-0.2, -0.15) is 0 Å². The molecule has 0 bridgehead atoms. The van der Waals surface area contributed by atoms with Gasteiger partial charge in [-0.1, -0.05) is 13.8 Å². The number of fused-ring (bicyclic) bond motifs is 5. The van der Waals surface area contributed by atoms with E-state index >= 15 is 0 Å². The molecule has 1 amide bonds. The Kier molecular flexibility index (Phi) is 5.07. The van der Waals surface area contributed by atoms with Crippen LogP contribution in [0.2, 0.25) is 0 Å². The Bertz CT molecular complexity index is 646. The summed E-state index contributed by atoms with van der Waals surface area (Å²) in [5, 5.41) is 0. The molecule has 0 aliphatic heterocycles. The third-order valence-corrected chi connectivity index (χ3v) is 9.69. The summed E-state index contributed by atoms with van der Waals surface area (Å²) in [6.07, 6.45) is 10.2. The van der Waals surface area contributed by atoms with Gasteiger partial charge in [0.2, 0.25) is 5.91 Å². The number of primary amides is 1. The molecule has 4 aliphatic carbocycles. The Morgan fingerprint density at radius 1 is 0.929 bits per heavy atom. The Morgan fingerprint density at radius 2 is 1.61 bits per heavy atom. The molecule has 3 unspecified atom stereocenters. The van der Waals surface area contributed by atoms with Crippen molar-refractivity contribution in [1.29, 1.82) is 0 Å². The van der Waals surface area contributed by atoms with Crippen molar-refractivity contribution in [3.05, 3.63) is 0 Å². The number of amides is 1. The average molecular weight is 390 g/mol. The van der Waals surface area contributed by atoms with Crippen molar-refractivity contribution in [2.75, 3.05) is 0 Å². The maximum absolute atomic E-state index is 12.5. The van der Waals surface area contributed by atoms with Crippen LogP contribution in [0.1, 0.15) is 85.5 Å². The Hall–Kier alpha value is -1.06. The molecule has 4 aliphatic rings. The van der Waals surface area contributed by atoms with Gasteiger partial charge in [-0.15, -0.1) is 0 Å². The molecule has 0 spiro atoms. The topological polar surface area (TPSA) is 69.4 Å². The lowest BCUT2D eigenvalue weighted by molar-refractivity contribution is -0.161. The summed E-state index contributed by atoms with van der Waals surface area (Å²) in [5.74, 6) is 2.90. The standard InChI is InChI=1S/C24H39NO3/c1-14(2)28-22(27)15-9-11-23(3)16(13-15)5-6-17-18-7-8-20(21(25)26)24(18,4)12-10-19(17)23/h14-20H,5-13H2,1-4H3,(H2,25,26)/t15?,16?,17-,18-,19+,20?,23-,24-/m0/s1. The number of nitrogens with two attached hydrogens (primary N) is 1. The highest BCUT2D eigenvalue weighted by molar-refractivity contribution is 5.78. The summed E-state index contributed by atoms with van der Waals surface area (Å²) in [4.78, 5) is 24.6. The van der Waals surface area contributed by atoms with E-state index in [1.54, 1.807) is 0 Å². The van der Waals surface area contributed by atoms with E-state index in [1.807, 2.05) is 13.8 Å². The summed E-state index contributed by atoms with van der Waals surface area (Å²) in [7, 11) is 0. The number of hydrogen-bond acceptors (Lipinski definition) is 3. The zero-order valence-corrected chi connectivity index (χ0v) is 18.2. The van der Waals surface area contributed by atoms with E-state index in [-0.39, 0.29) is 35.2 Å². The zero-order valence-electron chi connectivity index (χ0n) is 18.2. The molecule has 0 aromatic rings. The van der Waals surface area contributed by atoms with E-state index in [2.05, 4.69) is 13.8 Å². The number of esters is 1. The molecule has 2 N–H and O–H groups in total. The number of rotatable bonds is 3. The average Bonchev–Trinajstić information content (AvgIpc) is 2.97. The lowest BCUT2D eigenvalue weighted by Gasteiger charge is -2.61. The van der Waals surface area contributed by atoms with Crippen molar-refractivity contribution < 1.29 is 14.3 Å². The van der Waals surface area contributed by atoms with Crippen LogP contribution >= 0.6 is 0 Å². The van der Waals surface area contributed by atoms with E-state index in [4.69, 9.17) is 10.5 Å². The SMILES string of the molecule is CC(C)OC(=O)C1CC[C@@]2(C)C(CC[C@@H]3[C@H]2CC[C@]2(C)C(C(N)=O)CC[C@@H]32)C1. The second kappa shape index (κ2) is 7.02. The van der Waals surface area contributed by atoms with Gasteiger partial charge in [0, 0.05) is 5.92 Å². The van der Waals surface area contributed by atoms with Gasteiger partial charge in [-0.05, 0) is 106 Å². The number of ether oxygens (including phenoxy) is 1. The highest BCUT2D eigenvalue weighted by Gasteiger charge is 2.61. The van der Waals surface area contributed by atoms with Gasteiger partial charge in [0.15, 0.2) is 0 Å². The van der Waals surface area contributed by atoms with E-state index in [9.17, 15) is 9.59 Å². The van der Waals surface area contributed by atoms with Crippen molar-refractivity contribution in [2.24, 2.45) is 52.1 Å². The first-order valence-corrected chi connectivity index (χ1v) is 11.7. The first-order chi connectivity index (χ1) is 13.2. The molecule has 4 saturated carbocycles. The Labute approximate surface area is 170 Å². The number of carbonyl (C=O) groups is 2. The van der Waals surface area contributed by atoms with Crippen molar-refractivity contribution in [3.8, 4) is 0 Å². The van der Waals surface area contributed by atoms with E-state index in [1.165, 1.54) is 25.7 Å². The minimum Gasteiger partial charge on any atom is -0.463 e. The van der Waals surface area contributed by atoms with Crippen LogP contribution in [0.15, 0.2) is 0 Å². The molecule has 8 atom stereocenters. The van der Waals surface area contributed by atoms with Gasteiger partial charge in [0.25, 0.3) is 0 Å². The maximum Gasteiger partial charge on any atom is 0.309 e. The molecule has 0 radical (unpaired) electrons. The van der Waals surface area contributed by atoms with Crippen molar-refractivity contribution in [3.63, 3.8) is 0 Å². The monoisotopic (exact) mass is 389 g/mol. The third kappa shape index (κ3) is 3.01. The van der Waals surface area contributed by atoms with Crippen molar-refractivity contribution >= 4 is 11.9 Å². The summed E-state index contributed by atoms with van der Waals surface area (Å²) >= 11 is 0. The van der Waals surface area contributed by atoms with Crippen LogP contribution < -0.4 is 5.73 Å². The van der Waals surface area contributed by atoms with E-state index in [0.717, 1.165) is 43.9 Å². The van der Waals surface area contributed by atoms with E-state index < -0.39 is 0 Å². The number of carbonyl (C=O) groups excluding carboxylic acids is 2. The first-order valence-electron chi connectivity index (χ1n) is 11.7. The third-order valence-electron chi connectivity index (χ3n) is 9.69. The van der Waals surface area contributed by atoms with Gasteiger partial charge in [0.05, 0.1) is 12.0 Å². The quantitative estimate of drug-likeness (QED) is 0.711. The molecule has 0 saturated heterocycles. The fourth-order valence-corrected chi connectivity index (χ4v) is 8.27. The number of hydrogen-bond donors (Lipinski definition) is 1. The Morgan fingerprint density at radius 3 is 2.29 bits per heavy atom. The van der Waals surface area contributed by atoms with Crippen LogP contribution in [0.3, 0.4) is 0 Å². The van der Waals surface area contributed by atoms with Crippen LogP contribution in [-0.4, -0.2) is 18.0 Å². The van der Waals surface area contributed by atoms with Crippen molar-refractivity contribution in [2.45, 2.75) is 91.6 Å². The van der Waals surface area contributed by atoms with Crippen LogP contribution in [0.4, 0.5) is 0 Å². The molecule has 0 aromatic heterocycles. The molecular formula is C24H39NO3. The first kappa shape index (κ1) is 20.2. The van der Waals surface area contributed by atoms with Crippen LogP contribution in [0.25, 0.3) is 0 Å². The largest absolute Gasteiger partial charge is 0.463 e. The molecule has 158 valence electrons. The minimum atomic E-state index is -0.0764. The second-order valence-corrected chi connectivity index (χ2v) is 11.2. The summed E-state index contributed by atoms with van der Waals surface area (Å²) in [6, 6.07) is 0. The van der Waals surface area contributed by atoms with Gasteiger partial charge in [-0.25, -0.2) is 0 Å². The summed E-state index contributed by atoms with van der Waals surface area (Å²) in [5.41, 5.74) is 6.26. The lowest BCUT2D eigenvalue weighted by atomic mass is 9.44. The smallest absolute Gasteiger partial charge is 0.309 e. The zero-order chi connectivity index (χ0) is 20.3. The lowest BCUT2D eigenvalue weighted by Crippen LogP contribution is -2.54. The summed E-state index contributed by atoms with van der Waals surface area (Å²) < 4.78 is 5.53. The van der Waals surface area contributed by atoms with Crippen LogP contribution in [0.5, 0.6) is 0 Å². The fraction of sp³-hybridized carbons (Fsp3) is 0.917. The normalized spacial score (nSPS) is 47.8. The van der Waals surface area contributed by atoms with Gasteiger partial charge in [-0.3, -0.25) is 9.59 Å². The van der Waals surface area contributed by atoms with Crippen LogP contribution in [0, 0.1) is 46.3 Å². The fourth-order valence-electron chi connectivity index (χ4n) is 8.27. The van der Waals surface area contributed by atoms with Gasteiger partial charge < -0.3 is 10.5 Å². The highest BCUT2D eigenvalue weighted by atomic mass is 16.5. The predicted octanol–water partition coefficient (Wildman–Crippen LogP) is 4.70. The molecule has 28 heavy (non-hydrogen) atoms. The van der Waals surface area contributed by atoms with Gasteiger partial charge in [0.1, 0.15) is 0 Å². The molecule has 4 heteroatoms. The molecular weight excluding hydrogens is 350 g/mol. The molecule has 4 nitrogen and oxygen atoms in total. The van der Waals surface area contributed by atoms with E-state index in [0.29, 0.717) is 17.3 Å². The Balaban J connectivity index is 1.50. The maximum atomic E-state index is 12.5. The van der Waals surface area contributed by atoms with Gasteiger partial charge >= 0.3 is 5.97 Å². The predicted molar refractivity (Wildman–Crippen MR) is 109 cm³/mol. The molecule has 4 rings (SSSR count). The summed E-state index contributed by atoms with van der Waals surface area (Å²) in [6.45, 7) is 8.75. The molecule has 0 heterocycles. The highest BCUT2D eigenvalue weighted by Crippen LogP contribution is 2.67. The van der Waals surface area contributed by atoms with Crippen molar-refractivity contribution in [1.82, 2.24) is 0 Å². The molecule has 0 aromatic carbocycles. The molecule has 4 fully saturated rings. The second-order valence-electron chi connectivity index (χ2n) is 11.2.